The summed E-state index contributed by atoms with van der Waals surface area (Å²) in [6.45, 7) is 2.47. The standard InChI is InChI=1S/C24H23Cl2N7O/c1-30(2)18-6-3-16(4-7-18)22(34)31-11-13-32(14-12-31)24-28-23-27-10-9-21(33(23)29-24)17-5-8-19(25)20(26)15-17/h3-10,15H,11-14H2,1-2H3. The molecule has 0 saturated carbocycles. The molecule has 5 rings (SSSR count). The second kappa shape index (κ2) is 9.12. The fourth-order valence-electron chi connectivity index (χ4n) is 3.99. The van der Waals surface area contributed by atoms with E-state index < -0.39 is 0 Å². The number of carbonyl (C=O) groups is 1. The number of nitrogens with zero attached hydrogens (tertiary/aromatic N) is 7. The molecule has 1 aliphatic rings. The highest BCUT2D eigenvalue weighted by Gasteiger charge is 2.25. The lowest BCUT2D eigenvalue weighted by atomic mass is 10.1. The first-order chi connectivity index (χ1) is 16.4. The summed E-state index contributed by atoms with van der Waals surface area (Å²) >= 11 is 12.3. The number of hydrogen-bond donors (Lipinski definition) is 0. The Morgan fingerprint density at radius 1 is 0.941 bits per heavy atom. The highest BCUT2D eigenvalue weighted by Crippen LogP contribution is 2.29. The first-order valence-corrected chi connectivity index (χ1v) is 11.6. The number of hydrogen-bond acceptors (Lipinski definition) is 6. The minimum absolute atomic E-state index is 0.0384. The number of aromatic nitrogens is 4. The highest BCUT2D eigenvalue weighted by molar-refractivity contribution is 6.42. The van der Waals surface area contributed by atoms with Crippen molar-refractivity contribution in [1.82, 2.24) is 24.5 Å². The van der Waals surface area contributed by atoms with Gasteiger partial charge in [0.2, 0.25) is 5.95 Å². The molecule has 1 aliphatic heterocycles. The molecule has 0 N–H and O–H groups in total. The molecule has 34 heavy (non-hydrogen) atoms. The zero-order chi connectivity index (χ0) is 23.8. The Labute approximate surface area is 207 Å². The lowest BCUT2D eigenvalue weighted by molar-refractivity contribution is 0.0746. The van der Waals surface area contributed by atoms with Crippen molar-refractivity contribution < 1.29 is 4.79 Å². The van der Waals surface area contributed by atoms with Crippen LogP contribution >= 0.6 is 23.2 Å². The van der Waals surface area contributed by atoms with E-state index in [1.54, 1.807) is 22.8 Å². The predicted molar refractivity (Wildman–Crippen MR) is 135 cm³/mol. The summed E-state index contributed by atoms with van der Waals surface area (Å²) in [4.78, 5) is 27.9. The molecule has 174 valence electrons. The third-order valence-corrected chi connectivity index (χ3v) is 6.66. The molecular formula is C24H23Cl2N7O. The molecule has 0 radical (unpaired) electrons. The van der Waals surface area contributed by atoms with Crippen LogP contribution in [0.2, 0.25) is 10.0 Å². The van der Waals surface area contributed by atoms with E-state index in [4.69, 9.17) is 28.3 Å². The molecule has 0 atom stereocenters. The summed E-state index contributed by atoms with van der Waals surface area (Å²) in [5.41, 5.74) is 3.44. The van der Waals surface area contributed by atoms with Crippen LogP contribution in [0.25, 0.3) is 17.0 Å². The normalized spacial score (nSPS) is 14.0. The van der Waals surface area contributed by atoms with Crippen LogP contribution in [0.5, 0.6) is 0 Å². The monoisotopic (exact) mass is 495 g/mol. The van der Waals surface area contributed by atoms with Crippen LogP contribution in [0, 0.1) is 0 Å². The average Bonchev–Trinajstić information content (AvgIpc) is 3.30. The van der Waals surface area contributed by atoms with Gasteiger partial charge in [0.15, 0.2) is 0 Å². The summed E-state index contributed by atoms with van der Waals surface area (Å²) in [7, 11) is 3.96. The molecule has 1 amide bonds. The summed E-state index contributed by atoms with van der Waals surface area (Å²) < 4.78 is 1.71. The Morgan fingerprint density at radius 2 is 1.68 bits per heavy atom. The van der Waals surface area contributed by atoms with E-state index in [9.17, 15) is 4.79 Å². The minimum Gasteiger partial charge on any atom is -0.378 e. The van der Waals surface area contributed by atoms with Gasteiger partial charge in [-0.2, -0.15) is 9.50 Å². The van der Waals surface area contributed by atoms with Crippen LogP contribution in [0.1, 0.15) is 10.4 Å². The van der Waals surface area contributed by atoms with Gasteiger partial charge in [-0.15, -0.1) is 5.10 Å². The van der Waals surface area contributed by atoms with Crippen molar-refractivity contribution in [2.45, 2.75) is 0 Å². The van der Waals surface area contributed by atoms with E-state index >= 15 is 0 Å². The number of rotatable bonds is 4. The molecule has 8 nitrogen and oxygen atoms in total. The van der Waals surface area contributed by atoms with Crippen molar-refractivity contribution in [3.05, 3.63) is 70.3 Å². The summed E-state index contributed by atoms with van der Waals surface area (Å²) in [6, 6.07) is 15.0. The first kappa shape index (κ1) is 22.4. The largest absolute Gasteiger partial charge is 0.378 e. The maximum Gasteiger partial charge on any atom is 0.254 e. The molecule has 3 heterocycles. The van der Waals surface area contributed by atoms with Crippen LogP contribution < -0.4 is 9.80 Å². The lowest BCUT2D eigenvalue weighted by Crippen LogP contribution is -2.49. The Kier molecular flexibility index (Phi) is 6.02. The van der Waals surface area contributed by atoms with Crippen molar-refractivity contribution in [3.8, 4) is 11.3 Å². The van der Waals surface area contributed by atoms with Gasteiger partial charge < -0.3 is 14.7 Å². The number of fused-ring (bicyclic) bond motifs is 1. The van der Waals surface area contributed by atoms with Crippen LogP contribution in [0.15, 0.2) is 54.7 Å². The Bertz CT molecular complexity index is 1350. The molecule has 0 aliphatic carbocycles. The number of halogens is 2. The third kappa shape index (κ3) is 4.26. The molecule has 0 bridgehead atoms. The molecule has 2 aromatic carbocycles. The second-order valence-corrected chi connectivity index (χ2v) is 9.12. The van der Waals surface area contributed by atoms with Crippen molar-refractivity contribution in [1.29, 1.82) is 0 Å². The number of piperazine rings is 1. The molecule has 4 aromatic rings. The fourth-order valence-corrected chi connectivity index (χ4v) is 4.28. The average molecular weight is 496 g/mol. The van der Waals surface area contributed by atoms with Crippen LogP contribution in [0.3, 0.4) is 0 Å². The predicted octanol–water partition coefficient (Wildman–Crippen LogP) is 4.13. The first-order valence-electron chi connectivity index (χ1n) is 10.9. The minimum atomic E-state index is 0.0384. The number of benzene rings is 2. The zero-order valence-electron chi connectivity index (χ0n) is 18.8. The van der Waals surface area contributed by atoms with E-state index in [2.05, 4.69) is 14.9 Å². The van der Waals surface area contributed by atoms with Crippen molar-refractivity contribution in [2.75, 3.05) is 50.1 Å². The summed E-state index contributed by atoms with van der Waals surface area (Å²) in [5, 5.41) is 5.67. The Hall–Kier alpha value is -3.36. The van der Waals surface area contributed by atoms with Crippen molar-refractivity contribution >= 4 is 46.5 Å². The molecule has 1 fully saturated rings. The van der Waals surface area contributed by atoms with Crippen molar-refractivity contribution in [3.63, 3.8) is 0 Å². The molecule has 1 saturated heterocycles. The van der Waals surface area contributed by atoms with Gasteiger partial charge in [0.05, 0.1) is 15.7 Å². The van der Waals surface area contributed by atoms with E-state index in [0.717, 1.165) is 16.9 Å². The van der Waals surface area contributed by atoms with Gasteiger partial charge >= 0.3 is 0 Å². The SMILES string of the molecule is CN(C)c1ccc(C(=O)N2CCN(c3nc4nccc(-c5ccc(Cl)c(Cl)c5)n4n3)CC2)cc1. The van der Waals surface area contributed by atoms with Gasteiger partial charge in [-0.3, -0.25) is 4.79 Å². The fraction of sp³-hybridized carbons (Fsp3) is 0.250. The molecule has 0 spiro atoms. The molecule has 10 heteroatoms. The topological polar surface area (TPSA) is 69.9 Å². The number of carbonyl (C=O) groups excluding carboxylic acids is 1. The smallest absolute Gasteiger partial charge is 0.254 e. The zero-order valence-corrected chi connectivity index (χ0v) is 20.3. The van der Waals surface area contributed by atoms with Gasteiger partial charge in [0.25, 0.3) is 11.7 Å². The molecular weight excluding hydrogens is 473 g/mol. The lowest BCUT2D eigenvalue weighted by Gasteiger charge is -2.34. The second-order valence-electron chi connectivity index (χ2n) is 8.30. The van der Waals surface area contributed by atoms with Crippen molar-refractivity contribution in [2.24, 2.45) is 0 Å². The highest BCUT2D eigenvalue weighted by atomic mass is 35.5. The quantitative estimate of drug-likeness (QED) is 0.423. The Morgan fingerprint density at radius 3 is 2.35 bits per heavy atom. The van der Waals surface area contributed by atoms with Crippen LogP contribution in [-0.4, -0.2) is 70.7 Å². The molecule has 0 unspecified atom stereocenters. The summed E-state index contributed by atoms with van der Waals surface area (Å²) in [6.07, 6.45) is 1.70. The van der Waals surface area contributed by atoms with Gasteiger partial charge in [0, 0.05) is 63.3 Å². The molecule has 2 aromatic heterocycles. The third-order valence-electron chi connectivity index (χ3n) is 5.93. The van der Waals surface area contributed by atoms with E-state index in [0.29, 0.717) is 53.5 Å². The van der Waals surface area contributed by atoms with Gasteiger partial charge in [0.1, 0.15) is 0 Å². The van der Waals surface area contributed by atoms with Crippen LogP contribution in [-0.2, 0) is 0 Å². The van der Waals surface area contributed by atoms with Gasteiger partial charge in [-0.25, -0.2) is 4.98 Å². The Balaban J connectivity index is 1.32. The number of amides is 1. The van der Waals surface area contributed by atoms with Crippen LogP contribution in [0.4, 0.5) is 11.6 Å². The van der Waals surface area contributed by atoms with E-state index in [-0.39, 0.29) is 5.91 Å². The van der Waals surface area contributed by atoms with Gasteiger partial charge in [-0.05, 0) is 42.5 Å². The van der Waals surface area contributed by atoms with E-state index in [1.165, 1.54) is 0 Å². The van der Waals surface area contributed by atoms with Gasteiger partial charge in [-0.1, -0.05) is 29.3 Å². The van der Waals surface area contributed by atoms with E-state index in [1.807, 2.05) is 60.3 Å². The number of anilines is 2. The summed E-state index contributed by atoms with van der Waals surface area (Å²) in [5.74, 6) is 1.12. The maximum atomic E-state index is 12.9. The maximum absolute atomic E-state index is 12.9.